The van der Waals surface area contributed by atoms with E-state index in [-0.39, 0.29) is 28.6 Å². The molecule has 27 heavy (non-hydrogen) atoms. The van der Waals surface area contributed by atoms with Crippen LogP contribution >= 0.6 is 11.8 Å². The molecule has 1 aromatic heterocycles. The third kappa shape index (κ3) is 4.14. The summed E-state index contributed by atoms with van der Waals surface area (Å²) in [6.45, 7) is 4.18. The molecule has 0 aliphatic carbocycles. The Hall–Kier alpha value is -1.58. The van der Waals surface area contributed by atoms with E-state index in [4.69, 9.17) is 4.42 Å². The Bertz CT molecular complexity index is 929. The third-order valence-electron chi connectivity index (χ3n) is 4.92. The molecule has 0 N–H and O–H groups in total. The number of fused-ring (bicyclic) bond motifs is 1. The zero-order chi connectivity index (χ0) is 19.8. The number of piperidine rings is 1. The van der Waals surface area contributed by atoms with Crippen LogP contribution < -0.4 is 0 Å². The molecule has 1 aliphatic heterocycles. The van der Waals surface area contributed by atoms with Gasteiger partial charge in [0.05, 0.1) is 10.6 Å². The molecule has 1 fully saturated rings. The Morgan fingerprint density at radius 1 is 1.30 bits per heavy atom. The second kappa shape index (κ2) is 7.81. The zero-order valence-corrected chi connectivity index (χ0v) is 17.6. The Balaban J connectivity index is 1.73. The van der Waals surface area contributed by atoms with Crippen LogP contribution in [0.5, 0.6) is 0 Å². The fourth-order valence-electron chi connectivity index (χ4n) is 3.43. The number of oxazole rings is 1. The second-order valence-electron chi connectivity index (χ2n) is 7.12. The minimum Gasteiger partial charge on any atom is -0.431 e. The summed E-state index contributed by atoms with van der Waals surface area (Å²) < 4.78 is 31.3. The van der Waals surface area contributed by atoms with Crippen LogP contribution in [0.1, 0.15) is 33.1 Å². The van der Waals surface area contributed by atoms with Crippen molar-refractivity contribution >= 4 is 38.8 Å². The number of hydrogen-bond acceptors (Lipinski definition) is 6. The van der Waals surface area contributed by atoms with Crippen molar-refractivity contribution in [1.29, 1.82) is 0 Å². The molecule has 2 atom stereocenters. The van der Waals surface area contributed by atoms with E-state index in [1.807, 2.05) is 4.90 Å². The van der Waals surface area contributed by atoms with Crippen molar-refractivity contribution < 1.29 is 17.6 Å². The molecule has 1 aliphatic rings. The molecule has 2 heterocycles. The Kier molecular flexibility index (Phi) is 5.83. The predicted octanol–water partition coefficient (Wildman–Crippen LogP) is 2.96. The van der Waals surface area contributed by atoms with Gasteiger partial charge in [-0.15, -0.1) is 0 Å². The van der Waals surface area contributed by atoms with Crippen molar-refractivity contribution in [1.82, 2.24) is 14.2 Å². The summed E-state index contributed by atoms with van der Waals surface area (Å²) >= 11 is 1.24. The van der Waals surface area contributed by atoms with Crippen LogP contribution in [0, 0.1) is 0 Å². The summed E-state index contributed by atoms with van der Waals surface area (Å²) in [5, 5.41) is 0.370. The predicted molar refractivity (Wildman–Crippen MR) is 105 cm³/mol. The number of sulfonamides is 1. The van der Waals surface area contributed by atoms with Crippen molar-refractivity contribution in [3.8, 4) is 0 Å². The van der Waals surface area contributed by atoms with Gasteiger partial charge in [0.1, 0.15) is 5.52 Å². The number of nitrogens with zero attached hydrogens (tertiary/aromatic N) is 3. The molecule has 0 spiro atoms. The number of carbonyl (C=O) groups excluding carboxylic acids is 1. The van der Waals surface area contributed by atoms with E-state index in [2.05, 4.69) is 18.8 Å². The van der Waals surface area contributed by atoms with Crippen LogP contribution in [-0.2, 0) is 14.8 Å². The van der Waals surface area contributed by atoms with Gasteiger partial charge < -0.3 is 9.32 Å². The van der Waals surface area contributed by atoms with Gasteiger partial charge in [-0.25, -0.2) is 17.7 Å². The van der Waals surface area contributed by atoms with Gasteiger partial charge in [-0.3, -0.25) is 4.79 Å². The molecule has 3 rings (SSSR count). The van der Waals surface area contributed by atoms with Gasteiger partial charge >= 0.3 is 0 Å². The minimum atomic E-state index is -3.53. The average Bonchev–Trinajstić information content (AvgIpc) is 3.01. The maximum atomic E-state index is 12.6. The Morgan fingerprint density at radius 2 is 1.96 bits per heavy atom. The van der Waals surface area contributed by atoms with Gasteiger partial charge in [0.15, 0.2) is 5.58 Å². The average molecular weight is 412 g/mol. The Labute approximate surface area is 164 Å². The first-order valence-electron chi connectivity index (χ1n) is 8.97. The highest BCUT2D eigenvalue weighted by Gasteiger charge is 2.29. The van der Waals surface area contributed by atoms with E-state index >= 15 is 0 Å². The number of likely N-dealkylation sites (tertiary alicyclic amines) is 1. The summed E-state index contributed by atoms with van der Waals surface area (Å²) in [6, 6.07) is 5.10. The van der Waals surface area contributed by atoms with E-state index in [9.17, 15) is 13.2 Å². The highest BCUT2D eigenvalue weighted by atomic mass is 32.2. The molecular formula is C18H25N3O4S2. The van der Waals surface area contributed by atoms with E-state index in [0.717, 1.165) is 23.6 Å². The molecule has 0 bridgehead atoms. The van der Waals surface area contributed by atoms with Gasteiger partial charge in [0, 0.05) is 26.2 Å². The Morgan fingerprint density at radius 3 is 2.59 bits per heavy atom. The normalized spacial score (nSPS) is 21.1. The number of aromatic nitrogens is 1. The van der Waals surface area contributed by atoms with E-state index in [1.165, 1.54) is 38.0 Å². The van der Waals surface area contributed by atoms with Crippen LogP contribution in [0.25, 0.3) is 11.1 Å². The molecule has 1 saturated heterocycles. The van der Waals surface area contributed by atoms with Crippen LogP contribution in [0.3, 0.4) is 0 Å². The monoisotopic (exact) mass is 411 g/mol. The maximum absolute atomic E-state index is 12.6. The van der Waals surface area contributed by atoms with E-state index in [0.29, 0.717) is 16.3 Å². The number of thioether (sulfide) groups is 1. The lowest BCUT2D eigenvalue weighted by atomic mass is 9.98. The first-order valence-corrected chi connectivity index (χ1v) is 11.4. The lowest BCUT2D eigenvalue weighted by Gasteiger charge is -2.39. The molecular weight excluding hydrogens is 386 g/mol. The summed E-state index contributed by atoms with van der Waals surface area (Å²) in [5.74, 6) is 0.336. The fourth-order valence-corrected chi connectivity index (χ4v) is 5.06. The smallest absolute Gasteiger partial charge is 0.257 e. The third-order valence-corrected chi connectivity index (χ3v) is 7.54. The van der Waals surface area contributed by atoms with E-state index < -0.39 is 10.0 Å². The highest BCUT2D eigenvalue weighted by Crippen LogP contribution is 2.28. The number of hydrogen-bond donors (Lipinski definition) is 0. The minimum absolute atomic E-state index is 0.0813. The zero-order valence-electron chi connectivity index (χ0n) is 16.0. The standard InChI is InChI=1S/C18H25N3O4S2/c1-12-6-5-7-13(2)21(12)17(22)11-26-18-19-15-10-14(8-9-16(15)25-18)27(23,24)20(3)4/h8-10,12-13H,5-7,11H2,1-4H3/t12-,13-/m1/s1. The summed E-state index contributed by atoms with van der Waals surface area (Å²) in [5.41, 5.74) is 0.968. The number of amides is 1. The maximum Gasteiger partial charge on any atom is 0.257 e. The van der Waals surface area contributed by atoms with Gasteiger partial charge in [0.2, 0.25) is 15.9 Å². The summed E-state index contributed by atoms with van der Waals surface area (Å²) in [7, 11) is -0.560. The van der Waals surface area contributed by atoms with Crippen LogP contribution in [-0.4, -0.2) is 60.4 Å². The van der Waals surface area contributed by atoms with Gasteiger partial charge in [-0.05, 0) is 51.3 Å². The van der Waals surface area contributed by atoms with Crippen molar-refractivity contribution in [3.05, 3.63) is 18.2 Å². The number of benzene rings is 1. The van der Waals surface area contributed by atoms with Gasteiger partial charge in [-0.2, -0.15) is 0 Å². The van der Waals surface area contributed by atoms with Crippen molar-refractivity contribution in [2.45, 2.75) is 55.3 Å². The van der Waals surface area contributed by atoms with Gasteiger partial charge in [-0.1, -0.05) is 11.8 Å². The molecule has 1 aromatic carbocycles. The number of rotatable bonds is 5. The molecule has 0 radical (unpaired) electrons. The van der Waals surface area contributed by atoms with Crippen molar-refractivity contribution in [2.75, 3.05) is 19.8 Å². The van der Waals surface area contributed by atoms with Crippen molar-refractivity contribution in [3.63, 3.8) is 0 Å². The molecule has 0 saturated carbocycles. The molecule has 0 unspecified atom stereocenters. The molecule has 7 nitrogen and oxygen atoms in total. The van der Waals surface area contributed by atoms with Crippen LogP contribution in [0.15, 0.2) is 32.7 Å². The summed E-state index contributed by atoms with van der Waals surface area (Å²) in [4.78, 5) is 19.1. The molecule has 9 heteroatoms. The molecule has 2 aromatic rings. The molecule has 1 amide bonds. The quantitative estimate of drug-likeness (QED) is 0.704. The van der Waals surface area contributed by atoms with Crippen LogP contribution in [0.2, 0.25) is 0 Å². The summed E-state index contributed by atoms with van der Waals surface area (Å²) in [6.07, 6.45) is 3.22. The fraction of sp³-hybridized carbons (Fsp3) is 0.556. The lowest BCUT2D eigenvalue weighted by Crippen LogP contribution is -2.48. The highest BCUT2D eigenvalue weighted by molar-refractivity contribution is 7.99. The van der Waals surface area contributed by atoms with Gasteiger partial charge in [0.25, 0.3) is 5.22 Å². The SMILES string of the molecule is C[C@@H]1CCC[C@@H](C)N1C(=O)CSc1nc2cc(S(=O)(=O)N(C)C)ccc2o1. The first kappa shape index (κ1) is 20.2. The molecule has 148 valence electrons. The van der Waals surface area contributed by atoms with E-state index in [1.54, 1.807) is 6.07 Å². The van der Waals surface area contributed by atoms with Crippen LogP contribution in [0.4, 0.5) is 0 Å². The van der Waals surface area contributed by atoms with Crippen molar-refractivity contribution in [2.24, 2.45) is 0 Å². The lowest BCUT2D eigenvalue weighted by molar-refractivity contribution is -0.134. The topological polar surface area (TPSA) is 83.7 Å². The first-order chi connectivity index (χ1) is 12.7. The second-order valence-corrected chi connectivity index (χ2v) is 10.2. The number of carbonyl (C=O) groups is 1. The largest absolute Gasteiger partial charge is 0.431 e.